The number of hydrogen-bond acceptors (Lipinski definition) is 3. The monoisotopic (exact) mass is 327 g/mol. The van der Waals surface area contributed by atoms with Gasteiger partial charge in [0, 0.05) is 5.69 Å². The van der Waals surface area contributed by atoms with Crippen LogP contribution in [-0.2, 0) is 10.2 Å². The van der Waals surface area contributed by atoms with Crippen molar-refractivity contribution >= 4 is 23.4 Å². The minimum atomic E-state index is -0.0129. The summed E-state index contributed by atoms with van der Waals surface area (Å²) in [5.41, 5.74) is 3.35. The topological polar surface area (TPSA) is 40.5 Å². The molecule has 0 bridgehead atoms. The Morgan fingerprint density at radius 3 is 2.22 bits per heavy atom. The van der Waals surface area contributed by atoms with Crippen LogP contribution < -0.4 is 4.90 Å². The molecule has 3 rings (SSSR count). The summed E-state index contributed by atoms with van der Waals surface area (Å²) >= 11 is 1.64. The van der Waals surface area contributed by atoms with E-state index in [9.17, 15) is 9.90 Å². The molecule has 1 atom stereocenters. The molecule has 23 heavy (non-hydrogen) atoms. The molecule has 1 heterocycles. The predicted octanol–water partition coefficient (Wildman–Crippen LogP) is 4.47. The van der Waals surface area contributed by atoms with Gasteiger partial charge in [0.15, 0.2) is 0 Å². The summed E-state index contributed by atoms with van der Waals surface area (Å²) in [4.78, 5) is 14.1. The second-order valence-corrected chi connectivity index (χ2v) is 7.88. The molecule has 1 amide bonds. The first kappa shape index (κ1) is 15.9. The van der Waals surface area contributed by atoms with Gasteiger partial charge < -0.3 is 5.11 Å². The zero-order valence-corrected chi connectivity index (χ0v) is 14.4. The van der Waals surface area contributed by atoms with Gasteiger partial charge in [-0.1, -0.05) is 45.0 Å². The van der Waals surface area contributed by atoms with E-state index in [1.165, 1.54) is 5.56 Å². The average molecular weight is 327 g/mol. The van der Waals surface area contributed by atoms with Gasteiger partial charge >= 0.3 is 0 Å². The maximum absolute atomic E-state index is 12.3. The molecular weight excluding hydrogens is 306 g/mol. The number of hydrogen-bond donors (Lipinski definition) is 1. The van der Waals surface area contributed by atoms with Crippen LogP contribution in [0.15, 0.2) is 48.5 Å². The van der Waals surface area contributed by atoms with Crippen LogP contribution in [0.5, 0.6) is 5.75 Å². The number of phenolic OH excluding ortho intramolecular Hbond substituents is 1. The number of amides is 1. The van der Waals surface area contributed by atoms with Gasteiger partial charge in [0.05, 0.1) is 5.75 Å². The number of nitrogens with zero attached hydrogens (tertiary/aromatic N) is 1. The highest BCUT2D eigenvalue weighted by Crippen LogP contribution is 2.42. The molecule has 120 valence electrons. The van der Waals surface area contributed by atoms with E-state index in [2.05, 4.69) is 45.0 Å². The summed E-state index contributed by atoms with van der Waals surface area (Å²) in [5.74, 6) is 0.789. The van der Waals surface area contributed by atoms with E-state index >= 15 is 0 Å². The molecule has 0 aromatic heterocycles. The Kier molecular flexibility index (Phi) is 4.11. The number of carbonyl (C=O) groups is 1. The van der Waals surface area contributed by atoms with Gasteiger partial charge in [0.2, 0.25) is 5.91 Å². The molecule has 1 aliphatic heterocycles. The van der Waals surface area contributed by atoms with Crippen LogP contribution in [0, 0.1) is 0 Å². The van der Waals surface area contributed by atoms with E-state index in [1.807, 2.05) is 4.90 Å². The Morgan fingerprint density at radius 2 is 1.65 bits per heavy atom. The summed E-state index contributed by atoms with van der Waals surface area (Å²) in [6.45, 7) is 6.58. The van der Waals surface area contributed by atoms with Gasteiger partial charge in [-0.25, -0.2) is 0 Å². The fourth-order valence-electron chi connectivity index (χ4n) is 2.71. The van der Waals surface area contributed by atoms with E-state index in [1.54, 1.807) is 36.0 Å². The maximum atomic E-state index is 12.3. The summed E-state index contributed by atoms with van der Waals surface area (Å²) in [6.07, 6.45) is 0. The van der Waals surface area contributed by atoms with E-state index in [0.717, 1.165) is 11.3 Å². The summed E-state index contributed by atoms with van der Waals surface area (Å²) < 4.78 is 0. The molecule has 1 aliphatic rings. The SMILES string of the molecule is CC(C)(C)c1ccc(C2SCC(=O)N2c2ccc(O)cc2)cc1. The van der Waals surface area contributed by atoms with Gasteiger partial charge in [-0.15, -0.1) is 11.8 Å². The van der Waals surface area contributed by atoms with Crippen molar-refractivity contribution in [3.05, 3.63) is 59.7 Å². The molecule has 2 aromatic carbocycles. The normalized spacial score (nSPS) is 18.5. The Hall–Kier alpha value is -1.94. The lowest BCUT2D eigenvalue weighted by molar-refractivity contribution is -0.115. The molecule has 0 spiro atoms. The van der Waals surface area contributed by atoms with Crippen LogP contribution in [0.2, 0.25) is 0 Å². The van der Waals surface area contributed by atoms with Crippen LogP contribution in [0.1, 0.15) is 37.3 Å². The number of thioether (sulfide) groups is 1. The quantitative estimate of drug-likeness (QED) is 0.885. The average Bonchev–Trinajstić information content (AvgIpc) is 2.89. The highest BCUT2D eigenvalue weighted by Gasteiger charge is 2.34. The van der Waals surface area contributed by atoms with Gasteiger partial charge in [-0.2, -0.15) is 0 Å². The molecule has 4 heteroatoms. The molecule has 0 aliphatic carbocycles. The third-order valence-electron chi connectivity index (χ3n) is 4.06. The largest absolute Gasteiger partial charge is 0.508 e. The summed E-state index contributed by atoms with van der Waals surface area (Å²) in [7, 11) is 0. The summed E-state index contributed by atoms with van der Waals surface area (Å²) in [6, 6.07) is 15.3. The first-order chi connectivity index (χ1) is 10.9. The van der Waals surface area contributed by atoms with Crippen molar-refractivity contribution in [2.75, 3.05) is 10.7 Å². The zero-order valence-electron chi connectivity index (χ0n) is 13.6. The number of phenols is 1. The third kappa shape index (κ3) is 3.22. The number of carbonyl (C=O) groups excluding carboxylic acids is 1. The lowest BCUT2D eigenvalue weighted by Crippen LogP contribution is -2.27. The van der Waals surface area contributed by atoms with Crippen LogP contribution in [-0.4, -0.2) is 16.8 Å². The molecule has 1 fully saturated rings. The Bertz CT molecular complexity index is 702. The molecular formula is C19H21NO2S. The maximum Gasteiger partial charge on any atom is 0.238 e. The lowest BCUT2D eigenvalue weighted by atomic mass is 9.86. The fourth-order valence-corrected chi connectivity index (χ4v) is 3.89. The lowest BCUT2D eigenvalue weighted by Gasteiger charge is -2.25. The van der Waals surface area contributed by atoms with Gasteiger partial charge in [-0.05, 0) is 40.8 Å². The number of rotatable bonds is 2. The highest BCUT2D eigenvalue weighted by atomic mass is 32.2. The van der Waals surface area contributed by atoms with E-state index in [-0.39, 0.29) is 22.4 Å². The molecule has 1 saturated heterocycles. The van der Waals surface area contributed by atoms with Crippen molar-refractivity contribution in [3.8, 4) is 5.75 Å². The van der Waals surface area contributed by atoms with Crippen LogP contribution in [0.3, 0.4) is 0 Å². The first-order valence-electron chi connectivity index (χ1n) is 7.69. The second kappa shape index (κ2) is 5.93. The number of aromatic hydroxyl groups is 1. The predicted molar refractivity (Wildman–Crippen MR) is 95.9 cm³/mol. The highest BCUT2D eigenvalue weighted by molar-refractivity contribution is 8.00. The number of benzene rings is 2. The van der Waals surface area contributed by atoms with Crippen molar-refractivity contribution in [1.29, 1.82) is 0 Å². The Balaban J connectivity index is 1.91. The van der Waals surface area contributed by atoms with E-state index in [4.69, 9.17) is 0 Å². The van der Waals surface area contributed by atoms with Crippen molar-refractivity contribution in [2.45, 2.75) is 31.6 Å². The molecule has 0 saturated carbocycles. The van der Waals surface area contributed by atoms with Crippen molar-refractivity contribution in [1.82, 2.24) is 0 Å². The first-order valence-corrected chi connectivity index (χ1v) is 8.74. The molecule has 0 radical (unpaired) electrons. The molecule has 2 aromatic rings. The van der Waals surface area contributed by atoms with Crippen molar-refractivity contribution in [3.63, 3.8) is 0 Å². The Labute approximate surface area is 141 Å². The zero-order chi connectivity index (χ0) is 16.6. The minimum absolute atomic E-state index is 0.0129. The molecule has 1 unspecified atom stereocenters. The molecule has 1 N–H and O–H groups in total. The van der Waals surface area contributed by atoms with Crippen molar-refractivity contribution in [2.24, 2.45) is 0 Å². The van der Waals surface area contributed by atoms with E-state index < -0.39 is 0 Å². The standard InChI is InChI=1S/C19H21NO2S/c1-19(2,3)14-6-4-13(5-7-14)18-20(17(22)12-23-18)15-8-10-16(21)11-9-15/h4-11,18,21H,12H2,1-3H3. The van der Waals surface area contributed by atoms with Gasteiger partial charge in [-0.3, -0.25) is 9.69 Å². The van der Waals surface area contributed by atoms with Crippen LogP contribution in [0.4, 0.5) is 5.69 Å². The van der Waals surface area contributed by atoms with Crippen molar-refractivity contribution < 1.29 is 9.90 Å². The van der Waals surface area contributed by atoms with Gasteiger partial charge in [0.1, 0.15) is 11.1 Å². The van der Waals surface area contributed by atoms with Crippen LogP contribution >= 0.6 is 11.8 Å². The Morgan fingerprint density at radius 1 is 1.04 bits per heavy atom. The van der Waals surface area contributed by atoms with E-state index in [0.29, 0.717) is 5.75 Å². The van der Waals surface area contributed by atoms with Gasteiger partial charge in [0.25, 0.3) is 0 Å². The summed E-state index contributed by atoms with van der Waals surface area (Å²) in [5, 5.41) is 9.43. The van der Waals surface area contributed by atoms with Crippen LogP contribution in [0.25, 0.3) is 0 Å². The second-order valence-electron chi connectivity index (χ2n) is 6.82. The smallest absolute Gasteiger partial charge is 0.238 e. The molecule has 3 nitrogen and oxygen atoms in total. The minimum Gasteiger partial charge on any atom is -0.508 e. The number of anilines is 1. The fraction of sp³-hybridized carbons (Fsp3) is 0.316. The third-order valence-corrected chi connectivity index (χ3v) is 5.27.